The van der Waals surface area contributed by atoms with Gasteiger partial charge >= 0.3 is 5.69 Å². The molecular formula is C24H17ClN6O4. The molecule has 0 radical (unpaired) electrons. The van der Waals surface area contributed by atoms with Crippen LogP contribution >= 0.6 is 11.6 Å². The van der Waals surface area contributed by atoms with E-state index in [1.54, 1.807) is 66.9 Å². The van der Waals surface area contributed by atoms with Crippen LogP contribution in [-0.2, 0) is 11.3 Å². The van der Waals surface area contributed by atoms with Crippen molar-refractivity contribution in [2.45, 2.75) is 13.5 Å². The Hall–Kier alpha value is -4.57. The van der Waals surface area contributed by atoms with Crippen LogP contribution in [0.1, 0.15) is 17.3 Å². The van der Waals surface area contributed by atoms with Gasteiger partial charge < -0.3 is 9.84 Å². The third-order valence-electron chi connectivity index (χ3n) is 5.24. The maximum absolute atomic E-state index is 12.8. The van der Waals surface area contributed by atoms with Gasteiger partial charge in [0.15, 0.2) is 11.4 Å². The SMILES string of the molecule is CC(=O)c1ccc(NC(=O)Cn2nc3c(-c4nc(-c5ccc(Cl)cc5)no4)cccn3c2=O)cc1. The van der Waals surface area contributed by atoms with Gasteiger partial charge in [0, 0.05) is 28.0 Å². The molecule has 3 aromatic heterocycles. The number of anilines is 1. The highest BCUT2D eigenvalue weighted by atomic mass is 35.5. The van der Waals surface area contributed by atoms with E-state index in [1.807, 2.05) is 0 Å². The van der Waals surface area contributed by atoms with Crippen molar-refractivity contribution >= 4 is 34.6 Å². The van der Waals surface area contributed by atoms with Crippen molar-refractivity contribution in [3.8, 4) is 22.8 Å². The number of aromatic nitrogens is 5. The van der Waals surface area contributed by atoms with Crippen LogP contribution in [0.2, 0.25) is 5.02 Å². The number of nitrogens with zero attached hydrogens (tertiary/aromatic N) is 5. The predicted molar refractivity (Wildman–Crippen MR) is 128 cm³/mol. The molecule has 0 aliphatic rings. The van der Waals surface area contributed by atoms with E-state index in [2.05, 4.69) is 20.6 Å². The van der Waals surface area contributed by atoms with E-state index in [1.165, 1.54) is 11.3 Å². The molecule has 3 heterocycles. The third-order valence-corrected chi connectivity index (χ3v) is 5.49. The smallest absolute Gasteiger partial charge is 0.333 e. The number of carbonyl (C=O) groups is 2. The zero-order valence-electron chi connectivity index (χ0n) is 18.3. The monoisotopic (exact) mass is 488 g/mol. The summed E-state index contributed by atoms with van der Waals surface area (Å²) < 4.78 is 7.77. The quantitative estimate of drug-likeness (QED) is 0.361. The minimum absolute atomic E-state index is 0.0727. The number of ketones is 1. The molecule has 0 aliphatic carbocycles. The Morgan fingerprint density at radius 2 is 1.80 bits per heavy atom. The topological polar surface area (TPSA) is 124 Å². The molecule has 0 unspecified atom stereocenters. The standard InChI is InChI=1S/C24H17ClN6O4/c1-14(32)15-6-10-18(11-7-15)26-20(33)13-31-24(34)30-12-2-3-19(22(30)28-31)23-27-21(29-35-23)16-4-8-17(25)9-5-16/h2-12H,13H2,1H3,(H,26,33). The minimum Gasteiger partial charge on any atom is -0.333 e. The van der Waals surface area contributed by atoms with E-state index >= 15 is 0 Å². The number of pyridine rings is 1. The molecule has 11 heteroatoms. The predicted octanol–water partition coefficient (Wildman–Crippen LogP) is 3.71. The number of hydrogen-bond donors (Lipinski definition) is 1. The Labute approximate surface area is 202 Å². The lowest BCUT2D eigenvalue weighted by Gasteiger charge is -2.05. The van der Waals surface area contributed by atoms with Gasteiger partial charge in [-0.15, -0.1) is 5.10 Å². The number of halogens is 1. The van der Waals surface area contributed by atoms with Crippen LogP contribution in [0.15, 0.2) is 76.2 Å². The number of carbonyl (C=O) groups excluding carboxylic acids is 2. The average molecular weight is 489 g/mol. The Balaban J connectivity index is 1.41. The number of fused-ring (bicyclic) bond motifs is 1. The molecule has 174 valence electrons. The van der Waals surface area contributed by atoms with Gasteiger partial charge in [0.05, 0.1) is 5.56 Å². The Morgan fingerprint density at radius 1 is 1.06 bits per heavy atom. The van der Waals surface area contributed by atoms with Crippen molar-refractivity contribution in [2.75, 3.05) is 5.32 Å². The molecule has 0 saturated carbocycles. The highest BCUT2D eigenvalue weighted by Gasteiger charge is 2.18. The lowest BCUT2D eigenvalue weighted by Crippen LogP contribution is -2.28. The van der Waals surface area contributed by atoms with Gasteiger partial charge in [-0.25, -0.2) is 13.9 Å². The highest BCUT2D eigenvalue weighted by Crippen LogP contribution is 2.25. The lowest BCUT2D eigenvalue weighted by atomic mass is 10.1. The van der Waals surface area contributed by atoms with E-state index in [0.29, 0.717) is 33.2 Å². The first-order chi connectivity index (χ1) is 16.9. The summed E-state index contributed by atoms with van der Waals surface area (Å²) in [7, 11) is 0. The summed E-state index contributed by atoms with van der Waals surface area (Å²) >= 11 is 5.93. The molecule has 35 heavy (non-hydrogen) atoms. The van der Waals surface area contributed by atoms with E-state index in [0.717, 1.165) is 4.68 Å². The van der Waals surface area contributed by atoms with E-state index in [4.69, 9.17) is 16.1 Å². The first kappa shape index (κ1) is 22.2. The van der Waals surface area contributed by atoms with Gasteiger partial charge in [-0.1, -0.05) is 16.8 Å². The molecule has 0 aliphatic heterocycles. The Kier molecular flexibility index (Phi) is 5.71. The van der Waals surface area contributed by atoms with E-state index in [-0.39, 0.29) is 23.9 Å². The fourth-order valence-electron chi connectivity index (χ4n) is 3.48. The number of nitrogens with one attached hydrogen (secondary N) is 1. The number of benzene rings is 2. The zero-order valence-corrected chi connectivity index (χ0v) is 19.1. The molecule has 1 amide bonds. The van der Waals surface area contributed by atoms with Crippen LogP contribution in [0.25, 0.3) is 28.5 Å². The number of amides is 1. The molecule has 0 saturated heterocycles. The molecule has 0 bridgehead atoms. The fraction of sp³-hybridized carbons (Fsp3) is 0.0833. The number of Topliss-reactive ketones (excluding diaryl/α,β-unsaturated/α-hetero) is 1. The van der Waals surface area contributed by atoms with Crippen molar-refractivity contribution in [3.05, 3.63) is 87.9 Å². The third kappa shape index (κ3) is 4.46. The summed E-state index contributed by atoms with van der Waals surface area (Å²) in [5.74, 6) is 0.00949. The van der Waals surface area contributed by atoms with Crippen LogP contribution in [0.5, 0.6) is 0 Å². The van der Waals surface area contributed by atoms with Gasteiger partial charge in [0.25, 0.3) is 5.89 Å². The summed E-state index contributed by atoms with van der Waals surface area (Å²) in [4.78, 5) is 41.2. The summed E-state index contributed by atoms with van der Waals surface area (Å²) in [5.41, 5.74) is 1.96. The second-order valence-electron chi connectivity index (χ2n) is 7.67. The van der Waals surface area contributed by atoms with Gasteiger partial charge in [-0.3, -0.25) is 9.59 Å². The molecule has 2 aromatic carbocycles. The highest BCUT2D eigenvalue weighted by molar-refractivity contribution is 6.30. The molecule has 0 fully saturated rings. The number of rotatable bonds is 6. The van der Waals surface area contributed by atoms with E-state index in [9.17, 15) is 14.4 Å². The molecule has 5 aromatic rings. The summed E-state index contributed by atoms with van der Waals surface area (Å²) in [5, 5.41) is 11.6. The normalized spacial score (nSPS) is 11.0. The summed E-state index contributed by atoms with van der Waals surface area (Å²) in [6.45, 7) is 1.15. The van der Waals surface area contributed by atoms with Crippen molar-refractivity contribution in [1.29, 1.82) is 0 Å². The van der Waals surface area contributed by atoms with E-state index < -0.39 is 11.6 Å². The van der Waals surface area contributed by atoms with Gasteiger partial charge in [-0.05, 0) is 67.6 Å². The summed E-state index contributed by atoms with van der Waals surface area (Å²) in [6.07, 6.45) is 1.54. The zero-order chi connectivity index (χ0) is 24.5. The summed E-state index contributed by atoms with van der Waals surface area (Å²) in [6, 6.07) is 16.8. The minimum atomic E-state index is -0.499. The van der Waals surface area contributed by atoms with Gasteiger partial charge in [0.2, 0.25) is 11.7 Å². The largest absolute Gasteiger partial charge is 0.350 e. The van der Waals surface area contributed by atoms with Crippen LogP contribution < -0.4 is 11.0 Å². The van der Waals surface area contributed by atoms with Crippen molar-refractivity contribution < 1.29 is 14.1 Å². The first-order valence-corrected chi connectivity index (χ1v) is 10.9. The second kappa shape index (κ2) is 8.99. The van der Waals surface area contributed by atoms with Crippen molar-refractivity contribution in [1.82, 2.24) is 24.3 Å². The van der Waals surface area contributed by atoms with Crippen LogP contribution in [0.3, 0.4) is 0 Å². The molecular weight excluding hydrogens is 472 g/mol. The molecule has 0 spiro atoms. The van der Waals surface area contributed by atoms with Crippen LogP contribution in [0.4, 0.5) is 5.69 Å². The van der Waals surface area contributed by atoms with Crippen molar-refractivity contribution in [3.63, 3.8) is 0 Å². The van der Waals surface area contributed by atoms with Crippen molar-refractivity contribution in [2.24, 2.45) is 0 Å². The van der Waals surface area contributed by atoms with Gasteiger partial charge in [-0.2, -0.15) is 4.98 Å². The Bertz CT molecular complexity index is 1620. The first-order valence-electron chi connectivity index (χ1n) is 10.5. The number of hydrogen-bond acceptors (Lipinski definition) is 7. The van der Waals surface area contributed by atoms with Gasteiger partial charge in [0.1, 0.15) is 6.54 Å². The Morgan fingerprint density at radius 3 is 2.51 bits per heavy atom. The van der Waals surface area contributed by atoms with Crippen LogP contribution in [-0.4, -0.2) is 36.0 Å². The molecule has 10 nitrogen and oxygen atoms in total. The molecule has 5 rings (SSSR count). The maximum atomic E-state index is 12.8. The second-order valence-corrected chi connectivity index (χ2v) is 8.10. The fourth-order valence-corrected chi connectivity index (χ4v) is 3.61. The lowest BCUT2D eigenvalue weighted by molar-refractivity contribution is -0.117. The molecule has 1 N–H and O–H groups in total. The molecule has 0 atom stereocenters. The maximum Gasteiger partial charge on any atom is 0.350 e. The average Bonchev–Trinajstić information content (AvgIpc) is 3.45. The van der Waals surface area contributed by atoms with Crippen LogP contribution in [0, 0.1) is 0 Å².